The zero-order valence-electron chi connectivity index (χ0n) is 6.39. The van der Waals surface area contributed by atoms with Gasteiger partial charge in [-0.1, -0.05) is 17.7 Å². The fourth-order valence-electron chi connectivity index (χ4n) is 0.888. The van der Waals surface area contributed by atoms with E-state index in [1.54, 1.807) is 0 Å². The van der Waals surface area contributed by atoms with Crippen molar-refractivity contribution < 1.29 is 0 Å². The fraction of sp³-hybridized carbons (Fsp3) is 0.250. The Kier molecular flexibility index (Phi) is 2.74. The molecule has 3 N–H and O–H groups in total. The van der Waals surface area contributed by atoms with Gasteiger partial charge in [-0.3, -0.25) is 0 Å². The highest BCUT2D eigenvalue weighted by Crippen LogP contribution is 2.21. The van der Waals surface area contributed by atoms with Crippen LogP contribution in [0.5, 0.6) is 0 Å². The lowest BCUT2D eigenvalue weighted by Gasteiger charge is -2.04. The summed E-state index contributed by atoms with van der Waals surface area (Å²) in [6.07, 6.45) is 0. The van der Waals surface area contributed by atoms with Crippen LogP contribution in [0, 0.1) is 0 Å². The second-order valence-corrected chi connectivity index (χ2v) is 2.68. The summed E-state index contributed by atoms with van der Waals surface area (Å²) in [5, 5.41) is 3.69. The van der Waals surface area contributed by atoms with Gasteiger partial charge in [-0.2, -0.15) is 0 Å². The zero-order chi connectivity index (χ0) is 8.27. The summed E-state index contributed by atoms with van der Waals surface area (Å²) in [7, 11) is 1.84. The SMILES string of the molecule is CNc1ccc(CN)cc1Cl. The molecule has 0 bridgehead atoms. The first-order chi connectivity index (χ1) is 5.27. The molecule has 0 aliphatic rings. The van der Waals surface area contributed by atoms with Gasteiger partial charge in [-0.25, -0.2) is 0 Å². The van der Waals surface area contributed by atoms with Crippen molar-refractivity contribution in [2.75, 3.05) is 12.4 Å². The van der Waals surface area contributed by atoms with Crippen molar-refractivity contribution in [3.8, 4) is 0 Å². The quantitative estimate of drug-likeness (QED) is 0.711. The second-order valence-electron chi connectivity index (χ2n) is 2.27. The van der Waals surface area contributed by atoms with E-state index in [9.17, 15) is 0 Å². The molecule has 1 aromatic carbocycles. The van der Waals surface area contributed by atoms with Crippen molar-refractivity contribution in [2.45, 2.75) is 6.54 Å². The molecular formula is C8H11ClN2. The van der Waals surface area contributed by atoms with Crippen LogP contribution in [0.15, 0.2) is 18.2 Å². The second kappa shape index (κ2) is 3.60. The van der Waals surface area contributed by atoms with Gasteiger partial charge < -0.3 is 11.1 Å². The van der Waals surface area contributed by atoms with Gasteiger partial charge in [0.05, 0.1) is 10.7 Å². The minimum absolute atomic E-state index is 0.531. The molecule has 1 rings (SSSR count). The number of nitrogens with two attached hydrogens (primary N) is 1. The monoisotopic (exact) mass is 170 g/mol. The molecule has 0 aliphatic heterocycles. The maximum Gasteiger partial charge on any atom is 0.0640 e. The molecule has 0 aliphatic carbocycles. The van der Waals surface area contributed by atoms with Crippen molar-refractivity contribution in [1.82, 2.24) is 0 Å². The Morgan fingerprint density at radius 2 is 2.27 bits per heavy atom. The molecule has 0 aromatic heterocycles. The number of hydrogen-bond acceptors (Lipinski definition) is 2. The van der Waals surface area contributed by atoms with E-state index in [1.165, 1.54) is 0 Å². The van der Waals surface area contributed by atoms with E-state index in [0.29, 0.717) is 6.54 Å². The number of benzene rings is 1. The van der Waals surface area contributed by atoms with Crippen molar-refractivity contribution in [1.29, 1.82) is 0 Å². The predicted octanol–water partition coefficient (Wildman–Crippen LogP) is 1.84. The molecule has 60 valence electrons. The molecule has 0 heterocycles. The lowest BCUT2D eigenvalue weighted by atomic mass is 10.2. The molecule has 0 amide bonds. The van der Waals surface area contributed by atoms with E-state index in [4.69, 9.17) is 17.3 Å². The van der Waals surface area contributed by atoms with Crippen molar-refractivity contribution >= 4 is 17.3 Å². The minimum atomic E-state index is 0.531. The molecule has 0 radical (unpaired) electrons. The summed E-state index contributed by atoms with van der Waals surface area (Å²) < 4.78 is 0. The molecule has 3 heteroatoms. The van der Waals surface area contributed by atoms with Gasteiger partial charge in [0, 0.05) is 13.6 Å². The summed E-state index contributed by atoms with van der Waals surface area (Å²) in [6, 6.07) is 5.75. The number of hydrogen-bond donors (Lipinski definition) is 2. The first kappa shape index (κ1) is 8.37. The molecule has 0 saturated carbocycles. The third kappa shape index (κ3) is 1.85. The maximum atomic E-state index is 5.89. The van der Waals surface area contributed by atoms with Gasteiger partial charge >= 0.3 is 0 Å². The summed E-state index contributed by atoms with van der Waals surface area (Å²) in [5.41, 5.74) is 7.42. The van der Waals surface area contributed by atoms with E-state index in [2.05, 4.69) is 5.32 Å². The number of nitrogens with one attached hydrogen (secondary N) is 1. The fourth-order valence-corrected chi connectivity index (χ4v) is 1.19. The molecule has 0 spiro atoms. The van der Waals surface area contributed by atoms with Crippen LogP contribution in [0.25, 0.3) is 0 Å². The van der Waals surface area contributed by atoms with Gasteiger partial charge in [-0.05, 0) is 17.7 Å². The third-order valence-electron chi connectivity index (χ3n) is 1.54. The molecule has 2 nitrogen and oxygen atoms in total. The van der Waals surface area contributed by atoms with Crippen molar-refractivity contribution in [2.24, 2.45) is 5.73 Å². The standard InChI is InChI=1S/C8H11ClN2/c1-11-8-3-2-6(5-10)4-7(8)9/h2-4,11H,5,10H2,1H3. The maximum absolute atomic E-state index is 5.89. The summed E-state index contributed by atoms with van der Waals surface area (Å²) in [4.78, 5) is 0. The Bertz CT molecular complexity index is 248. The first-order valence-corrected chi connectivity index (χ1v) is 3.82. The Labute approximate surface area is 71.4 Å². The largest absolute Gasteiger partial charge is 0.387 e. The van der Waals surface area contributed by atoms with Crippen LogP contribution in [0.4, 0.5) is 5.69 Å². The molecular weight excluding hydrogens is 160 g/mol. The first-order valence-electron chi connectivity index (χ1n) is 3.44. The van der Waals surface area contributed by atoms with Gasteiger partial charge in [0.1, 0.15) is 0 Å². The topological polar surface area (TPSA) is 38.0 Å². The van der Waals surface area contributed by atoms with Crippen LogP contribution in [-0.2, 0) is 6.54 Å². The summed E-state index contributed by atoms with van der Waals surface area (Å²) >= 11 is 5.89. The van der Waals surface area contributed by atoms with E-state index in [1.807, 2.05) is 25.2 Å². The normalized spacial score (nSPS) is 9.73. The molecule has 0 unspecified atom stereocenters. The van der Waals surface area contributed by atoms with Gasteiger partial charge in [0.2, 0.25) is 0 Å². The molecule has 11 heavy (non-hydrogen) atoms. The highest BCUT2D eigenvalue weighted by molar-refractivity contribution is 6.33. The molecule has 0 saturated heterocycles. The van der Waals surface area contributed by atoms with Crippen molar-refractivity contribution in [3.63, 3.8) is 0 Å². The van der Waals surface area contributed by atoms with E-state index >= 15 is 0 Å². The number of halogens is 1. The highest BCUT2D eigenvalue weighted by Gasteiger charge is 1.97. The van der Waals surface area contributed by atoms with Crippen molar-refractivity contribution in [3.05, 3.63) is 28.8 Å². The molecule has 0 atom stereocenters. The van der Waals surface area contributed by atoms with Gasteiger partial charge in [-0.15, -0.1) is 0 Å². The molecule has 0 fully saturated rings. The minimum Gasteiger partial charge on any atom is -0.387 e. The molecule has 1 aromatic rings. The predicted molar refractivity (Wildman–Crippen MR) is 48.9 cm³/mol. The Balaban J connectivity index is 2.99. The summed E-state index contributed by atoms with van der Waals surface area (Å²) in [6.45, 7) is 0.531. The van der Waals surface area contributed by atoms with Crippen LogP contribution in [0.2, 0.25) is 5.02 Å². The average molecular weight is 171 g/mol. The zero-order valence-corrected chi connectivity index (χ0v) is 7.15. The smallest absolute Gasteiger partial charge is 0.0640 e. The van der Waals surface area contributed by atoms with Gasteiger partial charge in [0.25, 0.3) is 0 Å². The third-order valence-corrected chi connectivity index (χ3v) is 1.85. The Morgan fingerprint density at radius 3 is 2.73 bits per heavy atom. The average Bonchev–Trinajstić information content (AvgIpc) is 2.04. The van der Waals surface area contributed by atoms with Crippen LogP contribution < -0.4 is 11.1 Å². The van der Waals surface area contributed by atoms with Crippen LogP contribution in [0.3, 0.4) is 0 Å². The van der Waals surface area contributed by atoms with Crippen LogP contribution in [-0.4, -0.2) is 7.05 Å². The van der Waals surface area contributed by atoms with Crippen LogP contribution in [0.1, 0.15) is 5.56 Å². The van der Waals surface area contributed by atoms with E-state index < -0.39 is 0 Å². The number of rotatable bonds is 2. The van der Waals surface area contributed by atoms with E-state index in [-0.39, 0.29) is 0 Å². The lowest BCUT2D eigenvalue weighted by Crippen LogP contribution is -1.97. The lowest BCUT2D eigenvalue weighted by molar-refractivity contribution is 1.07. The van der Waals surface area contributed by atoms with E-state index in [0.717, 1.165) is 16.3 Å². The Hall–Kier alpha value is -0.730. The van der Waals surface area contributed by atoms with Gasteiger partial charge in [0.15, 0.2) is 0 Å². The highest BCUT2D eigenvalue weighted by atomic mass is 35.5. The summed E-state index contributed by atoms with van der Waals surface area (Å²) in [5.74, 6) is 0. The Morgan fingerprint density at radius 1 is 1.55 bits per heavy atom. The number of anilines is 1. The van der Waals surface area contributed by atoms with Crippen LogP contribution >= 0.6 is 11.6 Å².